The highest BCUT2D eigenvalue weighted by Crippen LogP contribution is 2.66. The quantitative estimate of drug-likeness (QED) is 0.562. The van der Waals surface area contributed by atoms with Gasteiger partial charge in [0.1, 0.15) is 17.9 Å². The summed E-state index contributed by atoms with van der Waals surface area (Å²) in [5, 5.41) is 20.0. The van der Waals surface area contributed by atoms with Crippen LogP contribution in [0.2, 0.25) is 5.82 Å². The van der Waals surface area contributed by atoms with Crippen molar-refractivity contribution in [3.8, 4) is 0 Å². The molecule has 0 aromatic carbocycles. The first-order valence-corrected chi connectivity index (χ1v) is 7.21. The molecule has 0 bridgehead atoms. The summed E-state index contributed by atoms with van der Waals surface area (Å²) in [6.45, 7) is 3.36. The number of hydrogen-bond donors (Lipinski definition) is 2. The smallest absolute Gasteiger partial charge is 0.366 e. The lowest BCUT2D eigenvalue weighted by molar-refractivity contribution is -0.115. The van der Waals surface area contributed by atoms with Crippen molar-refractivity contribution >= 4 is 15.6 Å². The molecule has 0 spiro atoms. The van der Waals surface area contributed by atoms with Crippen LogP contribution in [0.25, 0.3) is 0 Å². The molecular formula is C10H17BO4P+. The van der Waals surface area contributed by atoms with Gasteiger partial charge in [0.25, 0.3) is 0 Å². The number of hydrogen-bond acceptors (Lipinski definition) is 4. The number of fused-ring (bicyclic) bond motifs is 1. The maximum absolute atomic E-state index is 11.3. The van der Waals surface area contributed by atoms with E-state index in [-0.39, 0.29) is 12.3 Å². The van der Waals surface area contributed by atoms with Crippen molar-refractivity contribution in [2.45, 2.75) is 43.4 Å². The topological polar surface area (TPSA) is 66.8 Å². The lowest BCUT2D eigenvalue weighted by Gasteiger charge is -2.31. The number of aliphatic hydroxyl groups excluding tert-OH is 1. The van der Waals surface area contributed by atoms with Gasteiger partial charge < -0.3 is 14.9 Å². The van der Waals surface area contributed by atoms with E-state index in [4.69, 9.17) is 12.6 Å². The zero-order valence-electron chi connectivity index (χ0n) is 9.59. The largest absolute Gasteiger partial charge is 0.388 e. The van der Waals surface area contributed by atoms with Gasteiger partial charge in [0, 0.05) is 0 Å². The van der Waals surface area contributed by atoms with E-state index in [1.165, 1.54) is 6.92 Å². The summed E-state index contributed by atoms with van der Waals surface area (Å²) in [6.07, 6.45) is 0.370. The predicted molar refractivity (Wildman–Crippen MR) is 61.1 cm³/mol. The minimum absolute atomic E-state index is 0.0160. The molecule has 0 amide bonds. The van der Waals surface area contributed by atoms with Gasteiger partial charge in [-0.1, -0.05) is 4.57 Å². The second kappa shape index (κ2) is 3.77. The molecule has 2 aliphatic carbocycles. The fourth-order valence-electron chi connectivity index (χ4n) is 2.64. The molecule has 4 nitrogen and oxygen atoms in total. The van der Waals surface area contributed by atoms with Crippen LogP contribution < -0.4 is 0 Å². The van der Waals surface area contributed by atoms with E-state index < -0.39 is 30.9 Å². The molecule has 2 aliphatic rings. The van der Waals surface area contributed by atoms with E-state index in [0.29, 0.717) is 12.6 Å². The SMILES string of the molecule is [B][C@@H]1[C@H]2CC2(OC[P+](=O)CC)[C@@H](O)[C@@]1(C)O. The molecule has 2 rings (SSSR count). The van der Waals surface area contributed by atoms with Crippen LogP contribution in [0, 0.1) is 5.92 Å². The van der Waals surface area contributed by atoms with Crippen LogP contribution in [0.1, 0.15) is 20.3 Å². The van der Waals surface area contributed by atoms with Crippen molar-refractivity contribution in [3.05, 3.63) is 0 Å². The van der Waals surface area contributed by atoms with Gasteiger partial charge in [-0.05, 0) is 32.0 Å². The Labute approximate surface area is 97.6 Å². The van der Waals surface area contributed by atoms with Gasteiger partial charge in [-0.2, -0.15) is 0 Å². The van der Waals surface area contributed by atoms with Crippen molar-refractivity contribution in [1.82, 2.24) is 0 Å². The number of ether oxygens (including phenoxy) is 1. The van der Waals surface area contributed by atoms with Crippen molar-refractivity contribution in [2.24, 2.45) is 5.92 Å². The first kappa shape index (κ1) is 12.5. The summed E-state index contributed by atoms with van der Waals surface area (Å²) in [6, 6.07) is 0. The average molecular weight is 243 g/mol. The average Bonchev–Trinajstić information content (AvgIpc) is 2.95. The minimum Gasteiger partial charge on any atom is -0.388 e. The Morgan fingerprint density at radius 3 is 2.69 bits per heavy atom. The van der Waals surface area contributed by atoms with Crippen LogP contribution in [-0.2, 0) is 9.30 Å². The molecule has 0 saturated heterocycles. The highest BCUT2D eigenvalue weighted by Gasteiger charge is 2.75. The predicted octanol–water partition coefficient (Wildman–Crippen LogP) is 0.649. The molecule has 0 heterocycles. The summed E-state index contributed by atoms with van der Waals surface area (Å²) in [5.74, 6) is -0.486. The third-order valence-electron chi connectivity index (χ3n) is 3.96. The van der Waals surface area contributed by atoms with E-state index in [1.54, 1.807) is 0 Å². The second-order valence-corrected chi connectivity index (χ2v) is 6.85. The van der Waals surface area contributed by atoms with E-state index in [2.05, 4.69) is 0 Å². The Balaban J connectivity index is 2.04. The van der Waals surface area contributed by atoms with Crippen LogP contribution in [0.4, 0.5) is 0 Å². The Hall–Kier alpha value is 0.0449. The molecule has 2 N–H and O–H groups in total. The molecule has 0 aromatic rings. The van der Waals surface area contributed by atoms with E-state index in [9.17, 15) is 14.8 Å². The Bertz CT molecular complexity index is 322. The summed E-state index contributed by atoms with van der Waals surface area (Å²) >= 11 is 0. The zero-order chi connectivity index (χ0) is 12.1. The molecule has 6 atom stereocenters. The third-order valence-corrected chi connectivity index (χ3v) is 5.08. The van der Waals surface area contributed by atoms with Gasteiger partial charge in [-0.25, -0.2) is 0 Å². The van der Waals surface area contributed by atoms with Crippen LogP contribution in [0.3, 0.4) is 0 Å². The van der Waals surface area contributed by atoms with E-state index in [0.717, 1.165) is 0 Å². The number of aliphatic hydroxyl groups is 2. The fraction of sp³-hybridized carbons (Fsp3) is 1.00. The van der Waals surface area contributed by atoms with Crippen LogP contribution in [0.15, 0.2) is 0 Å². The standard InChI is InChI=1S/C10H17BO4P/c1-3-16(14)5-15-10-4-6(10)7(11)9(2,13)8(10)12/h6-8,12-13H,3-5H2,1-2H3/q+1/t6-,7-,8+,9+,10?/m1/s1. The first-order valence-electron chi connectivity index (χ1n) is 5.58. The van der Waals surface area contributed by atoms with Crippen molar-refractivity contribution < 1.29 is 19.5 Å². The molecule has 0 aliphatic heterocycles. The van der Waals surface area contributed by atoms with Crippen molar-refractivity contribution in [2.75, 3.05) is 12.5 Å². The normalized spacial score (nSPS) is 51.2. The third kappa shape index (κ3) is 1.57. The highest BCUT2D eigenvalue weighted by molar-refractivity contribution is 7.44. The van der Waals surface area contributed by atoms with Gasteiger partial charge in [0.15, 0.2) is 0 Å². The molecular weight excluding hydrogens is 226 g/mol. The minimum atomic E-state index is -1.37. The van der Waals surface area contributed by atoms with Gasteiger partial charge >= 0.3 is 7.80 Å². The maximum Gasteiger partial charge on any atom is 0.366 e. The molecule has 0 aromatic heterocycles. The van der Waals surface area contributed by atoms with Gasteiger partial charge in [0.05, 0.1) is 13.4 Å². The van der Waals surface area contributed by atoms with Crippen LogP contribution >= 0.6 is 7.80 Å². The summed E-state index contributed by atoms with van der Waals surface area (Å²) in [7, 11) is 4.48. The zero-order valence-corrected chi connectivity index (χ0v) is 10.5. The molecule has 6 heteroatoms. The molecule has 2 unspecified atom stereocenters. The van der Waals surface area contributed by atoms with Crippen LogP contribution in [0.5, 0.6) is 0 Å². The lowest BCUT2D eigenvalue weighted by Crippen LogP contribution is -2.46. The molecule has 2 fully saturated rings. The molecule has 88 valence electrons. The maximum atomic E-state index is 11.3. The van der Waals surface area contributed by atoms with Crippen LogP contribution in [-0.4, -0.2) is 47.9 Å². The van der Waals surface area contributed by atoms with E-state index in [1.807, 2.05) is 6.92 Å². The monoisotopic (exact) mass is 243 g/mol. The highest BCUT2D eigenvalue weighted by atomic mass is 31.1. The first-order chi connectivity index (χ1) is 7.36. The van der Waals surface area contributed by atoms with Gasteiger partial charge in [0.2, 0.25) is 6.35 Å². The molecule has 2 radical (unpaired) electrons. The number of rotatable bonds is 4. The van der Waals surface area contributed by atoms with Gasteiger partial charge in [-0.3, -0.25) is 0 Å². The summed E-state index contributed by atoms with van der Waals surface area (Å²) in [5.41, 5.74) is -2.05. The summed E-state index contributed by atoms with van der Waals surface area (Å²) < 4.78 is 16.9. The Morgan fingerprint density at radius 2 is 2.25 bits per heavy atom. The van der Waals surface area contributed by atoms with Crippen molar-refractivity contribution in [3.63, 3.8) is 0 Å². The molecule has 2 saturated carbocycles. The van der Waals surface area contributed by atoms with Gasteiger partial charge in [-0.15, -0.1) is 0 Å². The van der Waals surface area contributed by atoms with Crippen molar-refractivity contribution in [1.29, 1.82) is 0 Å². The Kier molecular flexibility index (Phi) is 2.95. The lowest BCUT2D eigenvalue weighted by atomic mass is 9.73. The summed E-state index contributed by atoms with van der Waals surface area (Å²) in [4.78, 5) is 0. The second-order valence-electron chi connectivity index (χ2n) is 4.99. The fourth-order valence-corrected chi connectivity index (χ4v) is 3.21. The molecule has 16 heavy (non-hydrogen) atoms. The van der Waals surface area contributed by atoms with E-state index >= 15 is 0 Å². The Morgan fingerprint density at radius 1 is 1.62 bits per heavy atom.